The quantitative estimate of drug-likeness (QED) is 0.228. The first-order valence-corrected chi connectivity index (χ1v) is 5.03. The van der Waals surface area contributed by atoms with E-state index in [2.05, 4.69) is 0 Å². The Bertz CT molecular complexity index is 392. The van der Waals surface area contributed by atoms with E-state index in [0.717, 1.165) is 6.08 Å². The number of esters is 1. The van der Waals surface area contributed by atoms with E-state index in [1.165, 1.54) is 11.1 Å². The van der Waals surface area contributed by atoms with Crippen molar-refractivity contribution in [3.05, 3.63) is 23.4 Å². The summed E-state index contributed by atoms with van der Waals surface area (Å²) in [4.78, 5) is 34.4. The number of carboxylic acids is 2. The molecule has 0 aromatic rings. The zero-order valence-electron chi connectivity index (χ0n) is 10.3. The number of hydrogen-bond donors (Lipinski definition) is 2. The molecule has 0 bridgehead atoms. The molecule has 100 valence electrons. The third-order valence-corrected chi connectivity index (χ3v) is 1.67. The maximum absolute atomic E-state index is 11.5. The molecule has 0 spiro atoms. The highest BCUT2D eigenvalue weighted by molar-refractivity contribution is 6.14. The van der Waals surface area contributed by atoms with Gasteiger partial charge in [0.25, 0.3) is 0 Å². The van der Waals surface area contributed by atoms with Crippen LogP contribution in [0.4, 0.5) is 0 Å². The average Bonchev–Trinajstić information content (AvgIpc) is 2.22. The van der Waals surface area contributed by atoms with Crippen molar-refractivity contribution in [1.82, 2.24) is 4.90 Å². The van der Waals surface area contributed by atoms with Gasteiger partial charge in [0.15, 0.2) is 0 Å². The first-order chi connectivity index (χ1) is 8.29. The molecule has 0 aromatic carbocycles. The molecule has 2 N–H and O–H groups in total. The number of hydrogen-bond acceptors (Lipinski definition) is 5. The molecule has 0 amide bonds. The van der Waals surface area contributed by atoms with Crippen molar-refractivity contribution in [1.29, 1.82) is 0 Å². The molecule has 7 heteroatoms. The highest BCUT2D eigenvalue weighted by Crippen LogP contribution is 2.07. The van der Waals surface area contributed by atoms with Crippen LogP contribution in [-0.2, 0) is 19.1 Å². The molecular formula is C11H15NO6. The SMILES string of the molecule is CCOC(=O)/C(C=C(C(=O)O)C(=O)O)=C/N(C)C. The molecule has 0 unspecified atom stereocenters. The molecule has 0 saturated heterocycles. The van der Waals surface area contributed by atoms with Crippen LogP contribution in [0.15, 0.2) is 23.4 Å². The molecule has 0 saturated carbocycles. The molecule has 0 fully saturated rings. The summed E-state index contributed by atoms with van der Waals surface area (Å²) in [6.07, 6.45) is 2.05. The van der Waals surface area contributed by atoms with Gasteiger partial charge in [-0.25, -0.2) is 14.4 Å². The minimum absolute atomic E-state index is 0.104. The van der Waals surface area contributed by atoms with Crippen molar-refractivity contribution in [3.8, 4) is 0 Å². The van der Waals surface area contributed by atoms with Gasteiger partial charge in [-0.15, -0.1) is 0 Å². The van der Waals surface area contributed by atoms with E-state index in [4.69, 9.17) is 14.9 Å². The average molecular weight is 257 g/mol. The third kappa shape index (κ3) is 5.15. The summed E-state index contributed by atoms with van der Waals surface area (Å²) in [5, 5.41) is 17.4. The van der Waals surface area contributed by atoms with Gasteiger partial charge < -0.3 is 19.8 Å². The summed E-state index contributed by atoms with van der Waals surface area (Å²) in [5.74, 6) is -4.04. The molecule has 0 aliphatic carbocycles. The second-order valence-electron chi connectivity index (χ2n) is 3.44. The number of carbonyl (C=O) groups is 3. The fraction of sp³-hybridized carbons (Fsp3) is 0.364. The van der Waals surface area contributed by atoms with E-state index in [0.29, 0.717) is 0 Å². The van der Waals surface area contributed by atoms with Crippen LogP contribution in [0.2, 0.25) is 0 Å². The number of rotatable bonds is 6. The van der Waals surface area contributed by atoms with Gasteiger partial charge in [-0.2, -0.15) is 0 Å². The van der Waals surface area contributed by atoms with Gasteiger partial charge in [-0.05, 0) is 13.0 Å². The highest BCUT2D eigenvalue weighted by atomic mass is 16.5. The van der Waals surface area contributed by atoms with Crippen LogP contribution in [0, 0.1) is 0 Å². The monoisotopic (exact) mass is 257 g/mol. The van der Waals surface area contributed by atoms with Gasteiger partial charge in [0.1, 0.15) is 5.57 Å². The lowest BCUT2D eigenvalue weighted by molar-refractivity contribution is -0.140. The topological polar surface area (TPSA) is 104 Å². The first kappa shape index (κ1) is 15.7. The van der Waals surface area contributed by atoms with E-state index in [-0.39, 0.29) is 12.2 Å². The van der Waals surface area contributed by atoms with Gasteiger partial charge in [-0.1, -0.05) is 0 Å². The Morgan fingerprint density at radius 2 is 1.67 bits per heavy atom. The molecule has 0 rings (SSSR count). The van der Waals surface area contributed by atoms with E-state index in [1.807, 2.05) is 0 Å². The molecule has 0 aromatic heterocycles. The number of nitrogens with zero attached hydrogens (tertiary/aromatic N) is 1. The standard InChI is InChI=1S/C11H15NO6/c1-4-18-11(17)7(6-12(2)3)5-8(9(13)14)10(15)16/h5-6H,4H2,1-3H3,(H,13,14)(H,15,16)/b7-6+. The van der Waals surface area contributed by atoms with Gasteiger partial charge in [0, 0.05) is 20.3 Å². The molecule has 7 nitrogen and oxygen atoms in total. The van der Waals surface area contributed by atoms with E-state index >= 15 is 0 Å². The van der Waals surface area contributed by atoms with Gasteiger partial charge in [-0.3, -0.25) is 0 Å². The van der Waals surface area contributed by atoms with E-state index in [1.54, 1.807) is 21.0 Å². The fourth-order valence-corrected chi connectivity index (χ4v) is 1.01. The highest BCUT2D eigenvalue weighted by Gasteiger charge is 2.19. The summed E-state index contributed by atoms with van der Waals surface area (Å²) < 4.78 is 4.70. The number of carbonyl (C=O) groups excluding carboxylic acids is 1. The largest absolute Gasteiger partial charge is 0.477 e. The Kier molecular flexibility index (Phi) is 6.19. The maximum atomic E-state index is 11.5. The van der Waals surface area contributed by atoms with Gasteiger partial charge in [0.05, 0.1) is 12.2 Å². The summed E-state index contributed by atoms with van der Waals surface area (Å²) in [7, 11) is 3.21. The summed E-state index contributed by atoms with van der Waals surface area (Å²) in [5.41, 5.74) is -1.06. The van der Waals surface area contributed by atoms with Crippen LogP contribution in [0.5, 0.6) is 0 Å². The Balaban J connectivity index is 5.46. The van der Waals surface area contributed by atoms with Crippen molar-refractivity contribution in [2.75, 3.05) is 20.7 Å². The van der Waals surface area contributed by atoms with Gasteiger partial charge in [0.2, 0.25) is 0 Å². The van der Waals surface area contributed by atoms with Gasteiger partial charge >= 0.3 is 17.9 Å². The third-order valence-electron chi connectivity index (χ3n) is 1.67. The van der Waals surface area contributed by atoms with E-state index in [9.17, 15) is 14.4 Å². The molecule has 0 atom stereocenters. The number of aliphatic carboxylic acids is 2. The van der Waals surface area contributed by atoms with Crippen LogP contribution in [0.1, 0.15) is 6.92 Å². The predicted molar refractivity (Wildman–Crippen MR) is 61.8 cm³/mol. The smallest absolute Gasteiger partial charge is 0.343 e. The first-order valence-electron chi connectivity index (χ1n) is 5.03. The molecule has 0 radical (unpaired) electrons. The van der Waals surface area contributed by atoms with Crippen LogP contribution < -0.4 is 0 Å². The molecule has 18 heavy (non-hydrogen) atoms. The minimum Gasteiger partial charge on any atom is -0.477 e. The molecule has 0 aliphatic rings. The van der Waals surface area contributed by atoms with E-state index < -0.39 is 23.5 Å². The van der Waals surface area contributed by atoms with Crippen molar-refractivity contribution in [2.24, 2.45) is 0 Å². The van der Waals surface area contributed by atoms with Crippen LogP contribution >= 0.6 is 0 Å². The normalized spacial score (nSPS) is 10.5. The summed E-state index contributed by atoms with van der Waals surface area (Å²) >= 11 is 0. The maximum Gasteiger partial charge on any atom is 0.343 e. The zero-order chi connectivity index (χ0) is 14.3. The lowest BCUT2D eigenvalue weighted by Crippen LogP contribution is -2.16. The van der Waals surface area contributed by atoms with Crippen LogP contribution in [0.25, 0.3) is 0 Å². The Morgan fingerprint density at radius 1 is 1.17 bits per heavy atom. The van der Waals surface area contributed by atoms with Crippen molar-refractivity contribution in [2.45, 2.75) is 6.92 Å². The Hall–Kier alpha value is -2.31. The molecular weight excluding hydrogens is 242 g/mol. The molecule has 0 heterocycles. The Labute approximate surface area is 104 Å². The van der Waals surface area contributed by atoms with Crippen LogP contribution in [0.3, 0.4) is 0 Å². The summed E-state index contributed by atoms with van der Waals surface area (Å²) in [6.45, 7) is 1.69. The fourth-order valence-electron chi connectivity index (χ4n) is 1.01. The minimum atomic E-state index is -1.63. The van der Waals surface area contributed by atoms with Crippen molar-refractivity contribution < 1.29 is 29.3 Å². The lowest BCUT2D eigenvalue weighted by atomic mass is 10.1. The predicted octanol–water partition coefficient (Wildman–Crippen LogP) is 0.0906. The number of carboxylic acid groups (broad SMARTS) is 2. The number of ether oxygens (including phenoxy) is 1. The van der Waals surface area contributed by atoms with Crippen molar-refractivity contribution >= 4 is 17.9 Å². The Morgan fingerprint density at radius 3 is 2.00 bits per heavy atom. The van der Waals surface area contributed by atoms with Crippen molar-refractivity contribution in [3.63, 3.8) is 0 Å². The second kappa shape index (κ2) is 7.10. The molecule has 0 aliphatic heterocycles. The summed E-state index contributed by atoms with van der Waals surface area (Å²) in [6, 6.07) is 0. The second-order valence-corrected chi connectivity index (χ2v) is 3.44. The zero-order valence-corrected chi connectivity index (χ0v) is 10.3. The lowest BCUT2D eigenvalue weighted by Gasteiger charge is -2.08. The van der Waals surface area contributed by atoms with Crippen LogP contribution in [-0.4, -0.2) is 53.7 Å².